The van der Waals surface area contributed by atoms with Crippen LogP contribution >= 0.6 is 0 Å². The van der Waals surface area contributed by atoms with E-state index in [1.165, 1.54) is 49.8 Å². The molecule has 0 aromatic heterocycles. The highest BCUT2D eigenvalue weighted by Crippen LogP contribution is 2.44. The number of hydrogen-bond acceptors (Lipinski definition) is 2. The molecule has 3 rings (SSSR count). The van der Waals surface area contributed by atoms with Crippen LogP contribution < -0.4 is 5.32 Å². The van der Waals surface area contributed by atoms with Gasteiger partial charge in [-0.15, -0.1) is 0 Å². The van der Waals surface area contributed by atoms with Crippen molar-refractivity contribution in [2.45, 2.75) is 50.3 Å². The van der Waals surface area contributed by atoms with Crippen molar-refractivity contribution in [3.8, 4) is 0 Å². The van der Waals surface area contributed by atoms with E-state index in [1.807, 2.05) is 0 Å². The van der Waals surface area contributed by atoms with Crippen LogP contribution in [0.25, 0.3) is 0 Å². The largest absolute Gasteiger partial charge is 0.382 e. The summed E-state index contributed by atoms with van der Waals surface area (Å²) >= 11 is 0. The summed E-state index contributed by atoms with van der Waals surface area (Å²) in [6.07, 6.45) is 10.2. The van der Waals surface area contributed by atoms with Crippen molar-refractivity contribution in [1.82, 2.24) is 0 Å². The summed E-state index contributed by atoms with van der Waals surface area (Å²) in [6, 6.07) is 9.09. The predicted molar refractivity (Wildman–Crippen MR) is 86.3 cm³/mol. The summed E-state index contributed by atoms with van der Waals surface area (Å²) in [5.74, 6) is 2.66. The Kier molecular flexibility index (Phi) is 4.45. The Morgan fingerprint density at radius 2 is 2.05 bits per heavy atom. The van der Waals surface area contributed by atoms with Gasteiger partial charge in [0.2, 0.25) is 0 Å². The van der Waals surface area contributed by atoms with Gasteiger partial charge in [-0.2, -0.15) is 0 Å². The molecule has 0 aliphatic heterocycles. The summed E-state index contributed by atoms with van der Waals surface area (Å²) in [5.41, 5.74) is 2.37. The molecule has 2 nitrogen and oxygen atoms in total. The Balaban J connectivity index is 1.60. The Bertz CT molecular complexity index is 484. The maximum Gasteiger partial charge on any atom is 0.0483 e. The van der Waals surface area contributed by atoms with Gasteiger partial charge in [-0.3, -0.25) is 4.21 Å². The van der Waals surface area contributed by atoms with E-state index >= 15 is 0 Å². The molecule has 0 saturated heterocycles. The number of rotatable bonds is 5. The summed E-state index contributed by atoms with van der Waals surface area (Å²) in [6.45, 7) is 0. The zero-order valence-corrected chi connectivity index (χ0v) is 13.1. The van der Waals surface area contributed by atoms with Crippen molar-refractivity contribution in [2.24, 2.45) is 11.8 Å². The molecule has 2 fully saturated rings. The number of hydrogen-bond donors (Lipinski definition) is 1. The van der Waals surface area contributed by atoms with Gasteiger partial charge in [0.15, 0.2) is 0 Å². The van der Waals surface area contributed by atoms with Gasteiger partial charge < -0.3 is 5.32 Å². The summed E-state index contributed by atoms with van der Waals surface area (Å²) < 4.78 is 11.3. The van der Waals surface area contributed by atoms with E-state index in [0.29, 0.717) is 11.8 Å². The molecule has 3 heteroatoms. The molecule has 2 saturated carbocycles. The minimum absolute atomic E-state index is 0.636. The van der Waals surface area contributed by atoms with Crippen molar-refractivity contribution in [2.75, 3.05) is 11.6 Å². The van der Waals surface area contributed by atoms with Crippen LogP contribution in [0.2, 0.25) is 0 Å². The van der Waals surface area contributed by atoms with E-state index in [0.717, 1.165) is 11.8 Å². The lowest BCUT2D eigenvalue weighted by Gasteiger charge is -2.30. The zero-order chi connectivity index (χ0) is 13.9. The lowest BCUT2D eigenvalue weighted by atomic mass is 9.82. The summed E-state index contributed by atoms with van der Waals surface area (Å²) in [4.78, 5) is 0. The Morgan fingerprint density at radius 1 is 1.20 bits per heavy atom. The molecule has 3 atom stereocenters. The van der Waals surface area contributed by atoms with Gasteiger partial charge in [-0.05, 0) is 55.2 Å². The van der Waals surface area contributed by atoms with Gasteiger partial charge in [0, 0.05) is 34.5 Å². The van der Waals surface area contributed by atoms with Gasteiger partial charge in [-0.25, -0.2) is 0 Å². The zero-order valence-electron chi connectivity index (χ0n) is 12.3. The molecule has 0 bridgehead atoms. The maximum atomic E-state index is 11.3. The molecule has 1 N–H and O–H groups in total. The van der Waals surface area contributed by atoms with Crippen LogP contribution in [0.4, 0.5) is 5.69 Å². The van der Waals surface area contributed by atoms with E-state index in [1.54, 1.807) is 6.26 Å². The van der Waals surface area contributed by atoms with Crippen molar-refractivity contribution in [1.29, 1.82) is 0 Å². The minimum Gasteiger partial charge on any atom is -0.382 e. The minimum atomic E-state index is -0.763. The number of benzene rings is 1. The highest BCUT2D eigenvalue weighted by Gasteiger charge is 2.34. The molecule has 2 aliphatic carbocycles. The molecule has 0 radical (unpaired) electrons. The van der Waals surface area contributed by atoms with Crippen LogP contribution in [0.5, 0.6) is 0 Å². The van der Waals surface area contributed by atoms with Crippen LogP contribution in [0.1, 0.15) is 44.1 Å². The van der Waals surface area contributed by atoms with E-state index in [2.05, 4.69) is 29.6 Å². The topological polar surface area (TPSA) is 29.1 Å². The molecule has 1 aromatic rings. The molecule has 0 spiro atoms. The van der Waals surface area contributed by atoms with Crippen LogP contribution in [-0.4, -0.2) is 16.5 Å². The van der Waals surface area contributed by atoms with Gasteiger partial charge in [0.25, 0.3) is 0 Å². The average molecular weight is 291 g/mol. The second kappa shape index (κ2) is 6.30. The fourth-order valence-electron chi connectivity index (χ4n) is 3.58. The molecule has 0 heterocycles. The predicted octanol–water partition coefficient (Wildman–Crippen LogP) is 3.95. The molecular weight excluding hydrogens is 266 g/mol. The standard InChI is InChI=1S/C17H25NOS/c1-20(19)12-13-4-2-6-16(10-13)18-17-7-3-5-15(11-17)14-8-9-14/h2,4,6,10,14-15,17-18H,3,5,7-9,11-12H2,1H3/t15-,17-,20+/m0/s1. The molecule has 110 valence electrons. The van der Waals surface area contributed by atoms with Crippen LogP contribution in [0.3, 0.4) is 0 Å². The third-order valence-electron chi connectivity index (χ3n) is 4.67. The molecule has 0 amide bonds. The van der Waals surface area contributed by atoms with E-state index < -0.39 is 10.8 Å². The van der Waals surface area contributed by atoms with Crippen molar-refractivity contribution in [3.63, 3.8) is 0 Å². The average Bonchev–Trinajstić information content (AvgIpc) is 3.23. The quantitative estimate of drug-likeness (QED) is 0.890. The van der Waals surface area contributed by atoms with Crippen molar-refractivity contribution >= 4 is 16.5 Å². The van der Waals surface area contributed by atoms with Gasteiger partial charge >= 0.3 is 0 Å². The summed E-state index contributed by atoms with van der Waals surface area (Å²) in [5, 5.41) is 3.71. The Labute approximate surface area is 124 Å². The van der Waals surface area contributed by atoms with E-state index in [4.69, 9.17) is 0 Å². The van der Waals surface area contributed by atoms with E-state index in [-0.39, 0.29) is 0 Å². The first-order valence-electron chi connectivity index (χ1n) is 7.86. The highest BCUT2D eigenvalue weighted by atomic mass is 32.2. The smallest absolute Gasteiger partial charge is 0.0483 e. The lowest BCUT2D eigenvalue weighted by Crippen LogP contribution is -2.28. The number of anilines is 1. The second-order valence-corrected chi connectivity index (χ2v) is 7.96. The number of nitrogens with one attached hydrogen (secondary N) is 1. The van der Waals surface area contributed by atoms with Crippen LogP contribution in [0.15, 0.2) is 24.3 Å². The fourth-order valence-corrected chi connectivity index (χ4v) is 4.22. The monoisotopic (exact) mass is 291 g/mol. The molecule has 0 unspecified atom stereocenters. The van der Waals surface area contributed by atoms with Crippen molar-refractivity contribution in [3.05, 3.63) is 29.8 Å². The fraction of sp³-hybridized carbons (Fsp3) is 0.647. The first kappa shape index (κ1) is 14.1. The normalized spacial score (nSPS) is 28.1. The highest BCUT2D eigenvalue weighted by molar-refractivity contribution is 7.83. The SMILES string of the molecule is C[S@@](=O)Cc1cccc(N[C@H]2CCC[C@H](C3CC3)C2)c1. The van der Waals surface area contributed by atoms with Crippen molar-refractivity contribution < 1.29 is 4.21 Å². The molecule has 2 aliphatic rings. The molecule has 20 heavy (non-hydrogen) atoms. The van der Waals surface area contributed by atoms with Crippen LogP contribution in [0, 0.1) is 11.8 Å². The van der Waals surface area contributed by atoms with Gasteiger partial charge in [0.1, 0.15) is 0 Å². The second-order valence-electron chi connectivity index (χ2n) is 6.52. The molecule has 1 aromatic carbocycles. The molecular formula is C17H25NOS. The van der Waals surface area contributed by atoms with Crippen LogP contribution in [-0.2, 0) is 16.6 Å². The van der Waals surface area contributed by atoms with Gasteiger partial charge in [-0.1, -0.05) is 25.0 Å². The lowest BCUT2D eigenvalue weighted by molar-refractivity contribution is 0.303. The third-order valence-corrected chi connectivity index (χ3v) is 5.41. The Morgan fingerprint density at radius 3 is 2.80 bits per heavy atom. The van der Waals surface area contributed by atoms with E-state index in [9.17, 15) is 4.21 Å². The Hall–Kier alpha value is -0.830. The van der Waals surface area contributed by atoms with Gasteiger partial charge in [0.05, 0.1) is 0 Å². The summed E-state index contributed by atoms with van der Waals surface area (Å²) in [7, 11) is -0.763. The maximum absolute atomic E-state index is 11.3. The first-order chi connectivity index (χ1) is 9.70. The third kappa shape index (κ3) is 3.85. The first-order valence-corrected chi connectivity index (χ1v) is 9.59.